The van der Waals surface area contributed by atoms with E-state index in [1.807, 2.05) is 24.3 Å². The molecule has 96 valence electrons. The van der Waals surface area contributed by atoms with Gasteiger partial charge in [0.1, 0.15) is 18.2 Å². The smallest absolute Gasteiger partial charge is 0.147 e. The third-order valence-corrected chi connectivity index (χ3v) is 3.19. The van der Waals surface area contributed by atoms with Gasteiger partial charge >= 0.3 is 0 Å². The molecule has 2 nitrogen and oxygen atoms in total. The molecule has 1 aromatic heterocycles. The van der Waals surface area contributed by atoms with E-state index in [0.717, 1.165) is 11.1 Å². The third-order valence-electron chi connectivity index (χ3n) is 2.88. The van der Waals surface area contributed by atoms with Crippen molar-refractivity contribution in [1.29, 1.82) is 0 Å². The Morgan fingerprint density at radius 2 is 1.95 bits per heavy atom. The van der Waals surface area contributed by atoms with Gasteiger partial charge < -0.3 is 9.72 Å². The molecule has 0 spiro atoms. The molecule has 0 saturated heterocycles. The Hall–Kier alpha value is -2.00. The van der Waals surface area contributed by atoms with Crippen molar-refractivity contribution in [2.24, 2.45) is 0 Å². The van der Waals surface area contributed by atoms with Crippen LogP contribution in [0.3, 0.4) is 0 Å². The van der Waals surface area contributed by atoms with Crippen LogP contribution in [0.1, 0.15) is 5.69 Å². The molecule has 0 radical (unpaired) electrons. The number of aromatic nitrogens is 1. The third kappa shape index (κ3) is 2.42. The van der Waals surface area contributed by atoms with Gasteiger partial charge in [0, 0.05) is 5.39 Å². The molecule has 4 heteroatoms. The lowest BCUT2D eigenvalue weighted by Gasteiger charge is -2.05. The van der Waals surface area contributed by atoms with Crippen LogP contribution in [-0.2, 0) is 6.61 Å². The molecular formula is C15H11ClFNO. The Bertz CT molecular complexity index is 723. The Kier molecular flexibility index (Phi) is 3.13. The highest BCUT2D eigenvalue weighted by Gasteiger charge is 2.06. The first kappa shape index (κ1) is 12.1. The van der Waals surface area contributed by atoms with E-state index in [2.05, 4.69) is 4.98 Å². The van der Waals surface area contributed by atoms with Crippen molar-refractivity contribution in [2.45, 2.75) is 6.61 Å². The number of halogens is 2. The molecule has 0 fully saturated rings. The van der Waals surface area contributed by atoms with Crippen LogP contribution < -0.4 is 4.74 Å². The van der Waals surface area contributed by atoms with Gasteiger partial charge in [-0.15, -0.1) is 0 Å². The van der Waals surface area contributed by atoms with Crippen molar-refractivity contribution in [2.75, 3.05) is 0 Å². The molecule has 3 rings (SSSR count). The Balaban J connectivity index is 1.83. The van der Waals surface area contributed by atoms with E-state index >= 15 is 0 Å². The molecule has 0 aliphatic carbocycles. The minimum atomic E-state index is -0.263. The molecular weight excluding hydrogens is 265 g/mol. The fourth-order valence-corrected chi connectivity index (χ4v) is 2.16. The molecule has 0 saturated carbocycles. The van der Waals surface area contributed by atoms with Crippen molar-refractivity contribution in [3.8, 4) is 5.75 Å². The first-order chi connectivity index (χ1) is 9.24. The van der Waals surface area contributed by atoms with Gasteiger partial charge in [-0.2, -0.15) is 0 Å². The summed E-state index contributed by atoms with van der Waals surface area (Å²) in [6.45, 7) is 0.317. The number of hydrogen-bond donors (Lipinski definition) is 1. The normalized spacial score (nSPS) is 10.8. The molecule has 3 aromatic rings. The molecule has 0 aliphatic heterocycles. The van der Waals surface area contributed by atoms with Crippen LogP contribution >= 0.6 is 11.6 Å². The fraction of sp³-hybridized carbons (Fsp3) is 0.0667. The number of benzene rings is 2. The predicted molar refractivity (Wildman–Crippen MR) is 74.0 cm³/mol. The fourth-order valence-electron chi connectivity index (χ4n) is 1.97. The van der Waals surface area contributed by atoms with E-state index in [1.165, 1.54) is 6.07 Å². The highest BCUT2D eigenvalue weighted by Crippen LogP contribution is 2.25. The number of aromatic amines is 1. The SMILES string of the molecule is Fc1cccc2cc(COc3ccccc3Cl)[nH]c12. The average Bonchev–Trinajstić information content (AvgIpc) is 2.82. The number of hydrogen-bond acceptors (Lipinski definition) is 1. The molecule has 1 N–H and O–H groups in total. The average molecular weight is 276 g/mol. The summed E-state index contributed by atoms with van der Waals surface area (Å²) < 4.78 is 19.1. The number of fused-ring (bicyclic) bond motifs is 1. The number of H-pyrrole nitrogens is 1. The van der Waals surface area contributed by atoms with Gasteiger partial charge in [0.05, 0.1) is 16.2 Å². The van der Waals surface area contributed by atoms with E-state index in [9.17, 15) is 4.39 Å². The highest BCUT2D eigenvalue weighted by atomic mass is 35.5. The zero-order valence-corrected chi connectivity index (χ0v) is 10.7. The number of nitrogens with one attached hydrogen (secondary N) is 1. The van der Waals surface area contributed by atoms with Gasteiger partial charge in [-0.05, 0) is 24.3 Å². The molecule has 0 aliphatic rings. The van der Waals surface area contributed by atoms with E-state index < -0.39 is 0 Å². The summed E-state index contributed by atoms with van der Waals surface area (Å²) >= 11 is 6.00. The lowest BCUT2D eigenvalue weighted by atomic mass is 10.2. The zero-order valence-electron chi connectivity index (χ0n) is 9.99. The minimum absolute atomic E-state index is 0.263. The summed E-state index contributed by atoms with van der Waals surface area (Å²) in [5.74, 6) is 0.352. The summed E-state index contributed by atoms with van der Waals surface area (Å²) in [5, 5.41) is 1.39. The van der Waals surface area contributed by atoms with Gasteiger partial charge in [0.2, 0.25) is 0 Å². The van der Waals surface area contributed by atoms with Crippen LogP contribution in [0.4, 0.5) is 4.39 Å². The van der Waals surface area contributed by atoms with Crippen LogP contribution in [0.25, 0.3) is 10.9 Å². The van der Waals surface area contributed by atoms with E-state index in [0.29, 0.717) is 22.9 Å². The summed E-state index contributed by atoms with van der Waals surface area (Å²) in [6, 6.07) is 14.1. The quantitative estimate of drug-likeness (QED) is 0.746. The van der Waals surface area contributed by atoms with E-state index in [-0.39, 0.29) is 5.82 Å². The van der Waals surface area contributed by atoms with Gasteiger partial charge in [-0.1, -0.05) is 35.9 Å². The van der Waals surface area contributed by atoms with Crippen LogP contribution in [0.5, 0.6) is 5.75 Å². The van der Waals surface area contributed by atoms with Crippen LogP contribution in [-0.4, -0.2) is 4.98 Å². The van der Waals surface area contributed by atoms with Crippen molar-refractivity contribution in [3.05, 3.63) is 65.1 Å². The number of ether oxygens (including phenoxy) is 1. The Morgan fingerprint density at radius 1 is 1.11 bits per heavy atom. The van der Waals surface area contributed by atoms with Crippen molar-refractivity contribution < 1.29 is 9.13 Å². The standard InChI is InChI=1S/C15H11ClFNO/c16-12-5-1-2-7-14(12)19-9-11-8-10-4-3-6-13(17)15(10)18-11/h1-8,18H,9H2. The second-order valence-electron chi connectivity index (χ2n) is 4.22. The van der Waals surface area contributed by atoms with Crippen molar-refractivity contribution in [3.63, 3.8) is 0 Å². The minimum Gasteiger partial charge on any atom is -0.486 e. The second-order valence-corrected chi connectivity index (χ2v) is 4.62. The van der Waals surface area contributed by atoms with Crippen molar-refractivity contribution >= 4 is 22.5 Å². The summed E-state index contributed by atoms with van der Waals surface area (Å²) in [5.41, 5.74) is 1.31. The van der Waals surface area contributed by atoms with E-state index in [4.69, 9.17) is 16.3 Å². The van der Waals surface area contributed by atoms with Crippen LogP contribution in [0.2, 0.25) is 5.02 Å². The van der Waals surface area contributed by atoms with Gasteiger partial charge in [-0.3, -0.25) is 0 Å². The summed E-state index contributed by atoms with van der Waals surface area (Å²) in [4.78, 5) is 3.01. The van der Waals surface area contributed by atoms with Gasteiger partial charge in [0.15, 0.2) is 0 Å². The van der Waals surface area contributed by atoms with Crippen molar-refractivity contribution in [1.82, 2.24) is 4.98 Å². The zero-order chi connectivity index (χ0) is 13.2. The monoisotopic (exact) mass is 275 g/mol. The first-order valence-corrected chi connectivity index (χ1v) is 6.25. The highest BCUT2D eigenvalue weighted by molar-refractivity contribution is 6.32. The maximum atomic E-state index is 13.5. The Morgan fingerprint density at radius 3 is 2.74 bits per heavy atom. The molecule has 2 aromatic carbocycles. The second kappa shape index (κ2) is 4.94. The molecule has 19 heavy (non-hydrogen) atoms. The van der Waals surface area contributed by atoms with Gasteiger partial charge in [0.25, 0.3) is 0 Å². The lowest BCUT2D eigenvalue weighted by Crippen LogP contribution is -1.95. The predicted octanol–water partition coefficient (Wildman–Crippen LogP) is 4.54. The summed E-state index contributed by atoms with van der Waals surface area (Å²) in [6.07, 6.45) is 0. The number of para-hydroxylation sites is 2. The van der Waals surface area contributed by atoms with E-state index in [1.54, 1.807) is 18.2 Å². The molecule has 0 bridgehead atoms. The molecule has 1 heterocycles. The number of rotatable bonds is 3. The van der Waals surface area contributed by atoms with Gasteiger partial charge in [-0.25, -0.2) is 4.39 Å². The maximum absolute atomic E-state index is 13.5. The largest absolute Gasteiger partial charge is 0.486 e. The lowest BCUT2D eigenvalue weighted by molar-refractivity contribution is 0.302. The van der Waals surface area contributed by atoms with Crippen LogP contribution in [0, 0.1) is 5.82 Å². The maximum Gasteiger partial charge on any atom is 0.147 e. The molecule has 0 amide bonds. The summed E-state index contributed by atoms with van der Waals surface area (Å²) in [7, 11) is 0. The molecule has 0 atom stereocenters. The molecule has 0 unspecified atom stereocenters. The van der Waals surface area contributed by atoms with Crippen LogP contribution in [0.15, 0.2) is 48.5 Å². The topological polar surface area (TPSA) is 25.0 Å². The Labute approximate surface area is 114 Å². The first-order valence-electron chi connectivity index (χ1n) is 5.87.